The largest absolute Gasteiger partial charge is 0.453 e. The molecular formula is C13H9ClN2O2S. The van der Waals surface area contributed by atoms with Crippen molar-refractivity contribution in [2.45, 2.75) is 6.54 Å². The first-order valence-electron chi connectivity index (χ1n) is 5.55. The SMILES string of the molecule is NCc1nc(C(=O)c2cc3cc(Cl)ccc3o2)cs1. The van der Waals surface area contributed by atoms with Crippen molar-refractivity contribution >= 4 is 39.7 Å². The van der Waals surface area contributed by atoms with Crippen LogP contribution in [0.2, 0.25) is 5.02 Å². The van der Waals surface area contributed by atoms with Gasteiger partial charge in [0.2, 0.25) is 5.78 Å². The predicted molar refractivity (Wildman–Crippen MR) is 74.7 cm³/mol. The standard InChI is InChI=1S/C13H9ClN2O2S/c14-8-1-2-10-7(3-8)4-11(18-10)13(17)9-6-19-12(5-15)16-9/h1-4,6H,5,15H2. The number of nitrogens with zero attached hydrogens (tertiary/aromatic N) is 1. The maximum absolute atomic E-state index is 12.2. The number of rotatable bonds is 3. The molecule has 0 unspecified atom stereocenters. The van der Waals surface area contributed by atoms with E-state index < -0.39 is 0 Å². The predicted octanol–water partition coefficient (Wildman–Crippen LogP) is 3.23. The van der Waals surface area contributed by atoms with Gasteiger partial charge in [0.15, 0.2) is 5.76 Å². The van der Waals surface area contributed by atoms with Crippen molar-refractivity contribution < 1.29 is 9.21 Å². The summed E-state index contributed by atoms with van der Waals surface area (Å²) < 4.78 is 5.51. The van der Waals surface area contributed by atoms with Crippen LogP contribution in [-0.4, -0.2) is 10.8 Å². The molecule has 0 bridgehead atoms. The maximum Gasteiger partial charge on any atom is 0.247 e. The van der Waals surface area contributed by atoms with Crippen molar-refractivity contribution in [2.24, 2.45) is 5.73 Å². The lowest BCUT2D eigenvalue weighted by atomic mass is 10.2. The Morgan fingerprint density at radius 2 is 2.26 bits per heavy atom. The molecule has 0 saturated heterocycles. The van der Waals surface area contributed by atoms with Gasteiger partial charge in [0.05, 0.1) is 0 Å². The van der Waals surface area contributed by atoms with E-state index in [1.165, 1.54) is 11.3 Å². The summed E-state index contributed by atoms with van der Waals surface area (Å²) in [4.78, 5) is 16.4. The summed E-state index contributed by atoms with van der Waals surface area (Å²) in [6, 6.07) is 6.88. The molecule has 0 fully saturated rings. The van der Waals surface area contributed by atoms with E-state index in [1.807, 2.05) is 0 Å². The highest BCUT2D eigenvalue weighted by atomic mass is 35.5. The number of furan rings is 1. The number of hydrogen-bond acceptors (Lipinski definition) is 5. The second-order valence-electron chi connectivity index (χ2n) is 3.95. The number of fused-ring (bicyclic) bond motifs is 1. The lowest BCUT2D eigenvalue weighted by Gasteiger charge is -1.90. The highest BCUT2D eigenvalue weighted by Crippen LogP contribution is 2.24. The van der Waals surface area contributed by atoms with Crippen LogP contribution in [-0.2, 0) is 6.54 Å². The van der Waals surface area contributed by atoms with Gasteiger partial charge in [-0.05, 0) is 24.3 Å². The molecule has 0 saturated carbocycles. The fourth-order valence-electron chi connectivity index (χ4n) is 1.76. The number of ketones is 1. The molecule has 0 radical (unpaired) electrons. The molecular weight excluding hydrogens is 284 g/mol. The van der Waals surface area contributed by atoms with Gasteiger partial charge in [0.1, 0.15) is 16.3 Å². The van der Waals surface area contributed by atoms with Crippen LogP contribution in [0.15, 0.2) is 34.1 Å². The molecule has 0 amide bonds. The molecule has 3 aromatic rings. The van der Waals surface area contributed by atoms with Crippen LogP contribution in [0.1, 0.15) is 21.3 Å². The van der Waals surface area contributed by atoms with Crippen LogP contribution < -0.4 is 5.73 Å². The summed E-state index contributed by atoms with van der Waals surface area (Å²) in [5, 5.41) is 3.81. The number of carbonyl (C=O) groups is 1. The second kappa shape index (κ2) is 4.77. The Balaban J connectivity index is 2.01. The molecule has 2 heterocycles. The summed E-state index contributed by atoms with van der Waals surface area (Å²) >= 11 is 7.26. The van der Waals surface area contributed by atoms with Crippen LogP contribution in [0.5, 0.6) is 0 Å². The Morgan fingerprint density at radius 3 is 3.00 bits per heavy atom. The van der Waals surface area contributed by atoms with Crippen LogP contribution in [0.25, 0.3) is 11.0 Å². The van der Waals surface area contributed by atoms with Crippen molar-refractivity contribution in [1.82, 2.24) is 4.98 Å². The third-order valence-electron chi connectivity index (χ3n) is 2.66. The van der Waals surface area contributed by atoms with Crippen molar-refractivity contribution in [3.05, 3.63) is 51.1 Å². The Hall–Kier alpha value is -1.69. The Morgan fingerprint density at radius 1 is 1.42 bits per heavy atom. The number of thiazole rings is 1. The average molecular weight is 293 g/mol. The molecule has 3 rings (SSSR count). The molecule has 1 aromatic carbocycles. The number of halogens is 1. The minimum atomic E-state index is -0.247. The summed E-state index contributed by atoms with van der Waals surface area (Å²) in [7, 11) is 0. The van der Waals surface area contributed by atoms with E-state index in [-0.39, 0.29) is 11.5 Å². The smallest absolute Gasteiger partial charge is 0.247 e. The van der Waals surface area contributed by atoms with Crippen molar-refractivity contribution in [3.63, 3.8) is 0 Å². The minimum absolute atomic E-state index is 0.247. The fourth-order valence-corrected chi connectivity index (χ4v) is 2.60. The lowest BCUT2D eigenvalue weighted by molar-refractivity contribution is 0.101. The quantitative estimate of drug-likeness (QED) is 0.753. The Kier molecular flexibility index (Phi) is 3.10. The van der Waals surface area contributed by atoms with E-state index in [1.54, 1.807) is 29.6 Å². The molecule has 0 spiro atoms. The van der Waals surface area contributed by atoms with Gasteiger partial charge in [-0.15, -0.1) is 11.3 Å². The maximum atomic E-state index is 12.2. The number of carbonyl (C=O) groups excluding carboxylic acids is 1. The molecule has 0 aliphatic carbocycles. The topological polar surface area (TPSA) is 69.1 Å². The van der Waals surface area contributed by atoms with Gasteiger partial charge >= 0.3 is 0 Å². The third kappa shape index (κ3) is 2.28. The molecule has 96 valence electrons. The van der Waals surface area contributed by atoms with Gasteiger partial charge in [-0.1, -0.05) is 11.6 Å². The van der Waals surface area contributed by atoms with Crippen LogP contribution >= 0.6 is 22.9 Å². The fraction of sp³-hybridized carbons (Fsp3) is 0.0769. The second-order valence-corrected chi connectivity index (χ2v) is 5.33. The number of benzene rings is 1. The van der Waals surface area contributed by atoms with Crippen LogP contribution in [0.4, 0.5) is 0 Å². The lowest BCUT2D eigenvalue weighted by Crippen LogP contribution is -2.01. The normalized spacial score (nSPS) is 11.1. The first kappa shape index (κ1) is 12.3. The minimum Gasteiger partial charge on any atom is -0.453 e. The molecule has 0 aliphatic rings. The van der Waals surface area contributed by atoms with Gasteiger partial charge in [-0.3, -0.25) is 4.79 Å². The molecule has 0 aliphatic heterocycles. The van der Waals surface area contributed by atoms with Gasteiger partial charge < -0.3 is 10.2 Å². The Bertz CT molecular complexity index is 763. The third-order valence-corrected chi connectivity index (χ3v) is 3.77. The zero-order chi connectivity index (χ0) is 13.4. The average Bonchev–Trinajstić information content (AvgIpc) is 3.03. The van der Waals surface area contributed by atoms with E-state index >= 15 is 0 Å². The molecule has 2 aromatic heterocycles. The van der Waals surface area contributed by atoms with Crippen molar-refractivity contribution in [3.8, 4) is 0 Å². The monoisotopic (exact) mass is 292 g/mol. The van der Waals surface area contributed by atoms with Crippen molar-refractivity contribution in [1.29, 1.82) is 0 Å². The van der Waals surface area contributed by atoms with Crippen LogP contribution in [0, 0.1) is 0 Å². The number of nitrogens with two attached hydrogens (primary N) is 1. The summed E-state index contributed by atoms with van der Waals surface area (Å²) in [5.41, 5.74) is 6.46. The zero-order valence-corrected chi connectivity index (χ0v) is 11.3. The molecule has 19 heavy (non-hydrogen) atoms. The van der Waals surface area contributed by atoms with E-state index in [0.29, 0.717) is 22.8 Å². The molecule has 0 atom stereocenters. The number of aromatic nitrogens is 1. The van der Waals surface area contributed by atoms with Gasteiger partial charge in [0.25, 0.3) is 0 Å². The molecule has 4 nitrogen and oxygen atoms in total. The summed E-state index contributed by atoms with van der Waals surface area (Å²) in [6.07, 6.45) is 0. The highest BCUT2D eigenvalue weighted by molar-refractivity contribution is 7.09. The van der Waals surface area contributed by atoms with Gasteiger partial charge in [0, 0.05) is 22.3 Å². The van der Waals surface area contributed by atoms with E-state index in [4.69, 9.17) is 21.8 Å². The van der Waals surface area contributed by atoms with E-state index in [2.05, 4.69) is 4.98 Å². The van der Waals surface area contributed by atoms with E-state index in [9.17, 15) is 4.79 Å². The van der Waals surface area contributed by atoms with E-state index in [0.717, 1.165) is 10.4 Å². The summed E-state index contributed by atoms with van der Waals surface area (Å²) in [6.45, 7) is 0.327. The highest BCUT2D eigenvalue weighted by Gasteiger charge is 2.17. The molecule has 6 heteroatoms. The number of hydrogen-bond donors (Lipinski definition) is 1. The Labute approximate surface area is 117 Å². The van der Waals surface area contributed by atoms with Gasteiger partial charge in [-0.25, -0.2) is 4.98 Å². The first-order valence-corrected chi connectivity index (χ1v) is 6.81. The van der Waals surface area contributed by atoms with Crippen LogP contribution in [0.3, 0.4) is 0 Å². The van der Waals surface area contributed by atoms with Gasteiger partial charge in [-0.2, -0.15) is 0 Å². The first-order chi connectivity index (χ1) is 9.17. The van der Waals surface area contributed by atoms with Crippen molar-refractivity contribution in [2.75, 3.05) is 0 Å². The summed E-state index contributed by atoms with van der Waals surface area (Å²) in [5.74, 6) is 0.00871. The molecule has 2 N–H and O–H groups in total. The zero-order valence-electron chi connectivity index (χ0n) is 9.72.